The first-order chi connectivity index (χ1) is 14.3. The lowest BCUT2D eigenvalue weighted by molar-refractivity contribution is -0.121. The highest BCUT2D eigenvalue weighted by Crippen LogP contribution is 2.26. The quantitative estimate of drug-likeness (QED) is 0.544. The number of hydrogen-bond acceptors (Lipinski definition) is 4. The fourth-order valence-electron chi connectivity index (χ4n) is 2.89. The molecule has 3 aromatic rings. The van der Waals surface area contributed by atoms with Crippen LogP contribution >= 0.6 is 0 Å². The Morgan fingerprint density at radius 3 is 2.43 bits per heavy atom. The van der Waals surface area contributed by atoms with E-state index in [0.29, 0.717) is 5.69 Å². The fraction of sp³-hybridized carbons (Fsp3) is 0.190. The Morgan fingerprint density at radius 2 is 1.80 bits per heavy atom. The van der Waals surface area contributed by atoms with E-state index in [1.165, 1.54) is 12.3 Å². The molecule has 0 saturated heterocycles. The number of nitrogens with one attached hydrogen (secondary N) is 2. The number of amides is 3. The third-order valence-corrected chi connectivity index (χ3v) is 4.38. The van der Waals surface area contributed by atoms with Crippen LogP contribution in [-0.4, -0.2) is 16.9 Å². The second kappa shape index (κ2) is 9.17. The van der Waals surface area contributed by atoms with E-state index in [4.69, 9.17) is 10.2 Å². The molecule has 1 heterocycles. The Labute approximate surface area is 171 Å². The number of oxazole rings is 1. The second-order valence-electron chi connectivity index (χ2n) is 6.62. The molecule has 0 fully saturated rings. The van der Waals surface area contributed by atoms with Gasteiger partial charge in [-0.3, -0.25) is 4.79 Å². The minimum Gasteiger partial charge on any atom is -0.441 e. The summed E-state index contributed by atoms with van der Waals surface area (Å²) in [6, 6.07) is 9.48. The molecule has 7 nitrogen and oxygen atoms in total. The summed E-state index contributed by atoms with van der Waals surface area (Å²) >= 11 is 0. The molecule has 0 bridgehead atoms. The molecule has 4 N–H and O–H groups in total. The third kappa shape index (κ3) is 5.19. The normalized spacial score (nSPS) is 11.7. The standard InChI is InChI=1S/C21H20F2N4O3/c1-12(13-5-7-14(8-6-13)27-21(24)29)26-18(28)9-10-19-25-11-17(30-19)20-15(22)3-2-4-16(20)23/h2-8,11-12H,9-10H2,1H3,(H,26,28)(H3,24,27,29)/t12-/m0/s1. The van der Waals surface area contributed by atoms with Crippen LogP contribution in [0.5, 0.6) is 0 Å². The lowest BCUT2D eigenvalue weighted by Gasteiger charge is -2.14. The Kier molecular flexibility index (Phi) is 6.41. The zero-order chi connectivity index (χ0) is 21.7. The minimum atomic E-state index is -0.749. The highest BCUT2D eigenvalue weighted by molar-refractivity contribution is 5.87. The van der Waals surface area contributed by atoms with Crippen LogP contribution in [0.15, 0.2) is 53.1 Å². The smallest absolute Gasteiger partial charge is 0.316 e. The second-order valence-corrected chi connectivity index (χ2v) is 6.62. The van der Waals surface area contributed by atoms with Gasteiger partial charge in [-0.1, -0.05) is 18.2 Å². The van der Waals surface area contributed by atoms with Crippen molar-refractivity contribution < 1.29 is 22.8 Å². The van der Waals surface area contributed by atoms with Crippen molar-refractivity contribution in [2.24, 2.45) is 5.73 Å². The van der Waals surface area contributed by atoms with Gasteiger partial charge >= 0.3 is 6.03 Å². The molecule has 0 aliphatic heterocycles. The number of primary amides is 1. The van der Waals surface area contributed by atoms with E-state index < -0.39 is 17.7 Å². The van der Waals surface area contributed by atoms with Crippen molar-refractivity contribution in [2.75, 3.05) is 5.32 Å². The van der Waals surface area contributed by atoms with Crippen molar-refractivity contribution in [3.05, 3.63) is 71.8 Å². The summed E-state index contributed by atoms with van der Waals surface area (Å²) in [5, 5.41) is 5.30. The average molecular weight is 414 g/mol. The van der Waals surface area contributed by atoms with Gasteiger partial charge in [-0.25, -0.2) is 18.6 Å². The Balaban J connectivity index is 1.55. The summed E-state index contributed by atoms with van der Waals surface area (Å²) in [7, 11) is 0. The molecule has 0 saturated carbocycles. The van der Waals surface area contributed by atoms with E-state index in [2.05, 4.69) is 15.6 Å². The molecule has 30 heavy (non-hydrogen) atoms. The molecular weight excluding hydrogens is 394 g/mol. The number of halogens is 2. The summed E-state index contributed by atoms with van der Waals surface area (Å²) in [6.45, 7) is 1.82. The first-order valence-corrected chi connectivity index (χ1v) is 9.18. The van der Waals surface area contributed by atoms with E-state index in [9.17, 15) is 18.4 Å². The number of rotatable bonds is 7. The molecule has 1 aromatic heterocycles. The summed E-state index contributed by atoms with van der Waals surface area (Å²) in [4.78, 5) is 27.1. The molecular formula is C21H20F2N4O3. The molecule has 0 unspecified atom stereocenters. The van der Waals surface area contributed by atoms with E-state index >= 15 is 0 Å². The van der Waals surface area contributed by atoms with Crippen LogP contribution in [0.3, 0.4) is 0 Å². The maximum atomic E-state index is 13.8. The molecule has 0 spiro atoms. The van der Waals surface area contributed by atoms with Crippen LogP contribution in [0.4, 0.5) is 19.3 Å². The predicted molar refractivity (Wildman–Crippen MR) is 106 cm³/mol. The first kappa shape index (κ1) is 21.0. The van der Waals surface area contributed by atoms with Crippen LogP contribution in [0.25, 0.3) is 11.3 Å². The number of urea groups is 1. The van der Waals surface area contributed by atoms with Crippen LogP contribution in [-0.2, 0) is 11.2 Å². The maximum Gasteiger partial charge on any atom is 0.316 e. The number of nitrogens with zero attached hydrogens (tertiary/aromatic N) is 1. The summed E-state index contributed by atoms with van der Waals surface area (Å²) in [5.74, 6) is -1.56. The zero-order valence-corrected chi connectivity index (χ0v) is 16.1. The van der Waals surface area contributed by atoms with Crippen LogP contribution in [0.2, 0.25) is 0 Å². The molecule has 2 aromatic carbocycles. The molecule has 0 aliphatic carbocycles. The Morgan fingerprint density at radius 1 is 1.13 bits per heavy atom. The largest absolute Gasteiger partial charge is 0.441 e. The van der Waals surface area contributed by atoms with Crippen molar-refractivity contribution in [2.45, 2.75) is 25.8 Å². The minimum absolute atomic E-state index is 0.0287. The number of aryl methyl sites for hydroxylation is 1. The number of hydrogen-bond donors (Lipinski definition) is 3. The topological polar surface area (TPSA) is 110 Å². The van der Waals surface area contributed by atoms with Gasteiger partial charge in [-0.15, -0.1) is 0 Å². The zero-order valence-electron chi connectivity index (χ0n) is 16.1. The van der Waals surface area contributed by atoms with Gasteiger partial charge in [-0.05, 0) is 36.8 Å². The van der Waals surface area contributed by atoms with Crippen LogP contribution in [0, 0.1) is 11.6 Å². The van der Waals surface area contributed by atoms with E-state index in [1.54, 1.807) is 24.3 Å². The number of aromatic nitrogens is 1. The highest BCUT2D eigenvalue weighted by Gasteiger charge is 2.17. The molecule has 3 amide bonds. The van der Waals surface area contributed by atoms with Crippen molar-refractivity contribution in [1.82, 2.24) is 10.3 Å². The number of carbonyl (C=O) groups is 2. The van der Waals surface area contributed by atoms with E-state index in [1.807, 2.05) is 6.92 Å². The lowest BCUT2D eigenvalue weighted by Crippen LogP contribution is -2.26. The molecule has 9 heteroatoms. The van der Waals surface area contributed by atoms with Gasteiger partial charge in [0.05, 0.1) is 17.8 Å². The van der Waals surface area contributed by atoms with Gasteiger partial charge in [0, 0.05) is 18.5 Å². The van der Waals surface area contributed by atoms with Crippen molar-refractivity contribution in [1.29, 1.82) is 0 Å². The average Bonchev–Trinajstić information content (AvgIpc) is 3.15. The fourth-order valence-corrected chi connectivity index (χ4v) is 2.89. The van der Waals surface area contributed by atoms with Crippen molar-refractivity contribution >= 4 is 17.6 Å². The maximum absolute atomic E-state index is 13.8. The predicted octanol–water partition coefficient (Wildman–Crippen LogP) is 3.92. The highest BCUT2D eigenvalue weighted by atomic mass is 19.1. The monoisotopic (exact) mass is 414 g/mol. The van der Waals surface area contributed by atoms with Gasteiger partial charge in [0.2, 0.25) is 5.91 Å². The van der Waals surface area contributed by atoms with Gasteiger partial charge in [0.25, 0.3) is 0 Å². The van der Waals surface area contributed by atoms with E-state index in [-0.39, 0.29) is 42.0 Å². The molecule has 3 rings (SSSR count). The van der Waals surface area contributed by atoms with Crippen molar-refractivity contribution in [3.8, 4) is 11.3 Å². The first-order valence-electron chi connectivity index (χ1n) is 9.18. The van der Waals surface area contributed by atoms with Crippen LogP contribution < -0.4 is 16.4 Å². The van der Waals surface area contributed by atoms with Gasteiger partial charge < -0.3 is 20.8 Å². The van der Waals surface area contributed by atoms with Crippen LogP contribution in [0.1, 0.15) is 30.8 Å². The van der Waals surface area contributed by atoms with E-state index in [0.717, 1.165) is 17.7 Å². The summed E-state index contributed by atoms with van der Waals surface area (Å²) in [6.07, 6.45) is 1.50. The van der Waals surface area contributed by atoms with Crippen molar-refractivity contribution in [3.63, 3.8) is 0 Å². The molecule has 156 valence electrons. The number of benzene rings is 2. The Hall–Kier alpha value is -3.75. The molecule has 0 aliphatic rings. The molecule has 1 atom stereocenters. The summed E-state index contributed by atoms with van der Waals surface area (Å²) in [5.41, 5.74) is 6.16. The van der Waals surface area contributed by atoms with Gasteiger partial charge in [0.1, 0.15) is 11.6 Å². The SMILES string of the molecule is C[C@H](NC(=O)CCc1ncc(-c2c(F)cccc2F)o1)c1ccc(NC(N)=O)cc1. The van der Waals surface area contributed by atoms with Gasteiger partial charge in [-0.2, -0.15) is 0 Å². The molecule has 0 radical (unpaired) electrons. The number of carbonyl (C=O) groups excluding carboxylic acids is 2. The number of anilines is 1. The van der Waals surface area contributed by atoms with Gasteiger partial charge in [0.15, 0.2) is 11.7 Å². The number of nitrogens with two attached hydrogens (primary N) is 1. The lowest BCUT2D eigenvalue weighted by atomic mass is 10.1. The third-order valence-electron chi connectivity index (χ3n) is 4.38. The summed E-state index contributed by atoms with van der Waals surface area (Å²) < 4.78 is 33.1. The Bertz CT molecular complexity index is 1030.